The lowest BCUT2D eigenvalue weighted by Crippen LogP contribution is -2.28. The van der Waals surface area contributed by atoms with Gasteiger partial charge in [-0.15, -0.1) is 0 Å². The first-order chi connectivity index (χ1) is 8.75. The molecule has 0 N–H and O–H groups in total. The van der Waals surface area contributed by atoms with Gasteiger partial charge in [0.05, 0.1) is 0 Å². The molecule has 0 amide bonds. The second kappa shape index (κ2) is 4.93. The summed E-state index contributed by atoms with van der Waals surface area (Å²) in [5, 5.41) is 0. The van der Waals surface area contributed by atoms with Gasteiger partial charge in [0.15, 0.2) is 0 Å². The Hall–Kier alpha value is -1.02. The van der Waals surface area contributed by atoms with Gasteiger partial charge in [-0.05, 0) is 63.4 Å². The van der Waals surface area contributed by atoms with E-state index in [-0.39, 0.29) is 0 Å². The van der Waals surface area contributed by atoms with Gasteiger partial charge >= 0.3 is 0 Å². The fraction of sp³-hybridized carbons (Fsp3) is 0.625. The molecule has 2 heteroatoms. The molecule has 98 valence electrons. The van der Waals surface area contributed by atoms with Crippen LogP contribution in [0.25, 0.3) is 0 Å². The maximum Gasteiger partial charge on any atom is 0.0405 e. The minimum atomic E-state index is 0.619. The monoisotopic (exact) mass is 244 g/mol. The van der Waals surface area contributed by atoms with Crippen LogP contribution in [0.15, 0.2) is 18.2 Å². The average Bonchev–Trinajstić information content (AvgIpc) is 2.97. The number of benzene rings is 1. The maximum atomic E-state index is 2.60. The van der Waals surface area contributed by atoms with Crippen LogP contribution in [-0.4, -0.2) is 30.6 Å². The number of anilines is 1. The van der Waals surface area contributed by atoms with E-state index >= 15 is 0 Å². The van der Waals surface area contributed by atoms with Gasteiger partial charge in [0, 0.05) is 24.8 Å². The number of fused-ring (bicyclic) bond motifs is 1. The molecule has 1 fully saturated rings. The van der Waals surface area contributed by atoms with Crippen molar-refractivity contribution in [1.29, 1.82) is 0 Å². The van der Waals surface area contributed by atoms with Crippen molar-refractivity contribution in [2.75, 3.05) is 24.5 Å². The summed E-state index contributed by atoms with van der Waals surface area (Å²) in [6.45, 7) is 9.53. The molecule has 0 spiro atoms. The van der Waals surface area contributed by atoms with Crippen LogP contribution in [0.1, 0.15) is 37.8 Å². The van der Waals surface area contributed by atoms with Crippen LogP contribution in [0.2, 0.25) is 0 Å². The third kappa shape index (κ3) is 2.14. The predicted octanol–water partition coefficient (Wildman–Crippen LogP) is 3.05. The maximum absolute atomic E-state index is 2.60. The minimum absolute atomic E-state index is 0.619. The van der Waals surface area contributed by atoms with Crippen molar-refractivity contribution in [2.24, 2.45) is 0 Å². The van der Waals surface area contributed by atoms with Gasteiger partial charge in [-0.1, -0.05) is 12.1 Å². The molecule has 0 unspecified atom stereocenters. The van der Waals surface area contributed by atoms with Gasteiger partial charge in [0.25, 0.3) is 0 Å². The molecule has 18 heavy (non-hydrogen) atoms. The lowest BCUT2D eigenvalue weighted by molar-refractivity contribution is 0.330. The molecule has 0 saturated carbocycles. The molecule has 3 rings (SSSR count). The highest BCUT2D eigenvalue weighted by atomic mass is 15.2. The summed E-state index contributed by atoms with van der Waals surface area (Å²) < 4.78 is 0. The lowest BCUT2D eigenvalue weighted by Gasteiger charge is -2.24. The highest BCUT2D eigenvalue weighted by Crippen LogP contribution is 2.33. The summed E-state index contributed by atoms with van der Waals surface area (Å²) >= 11 is 0. The number of hydrogen-bond donors (Lipinski definition) is 0. The summed E-state index contributed by atoms with van der Waals surface area (Å²) in [5.41, 5.74) is 4.66. The van der Waals surface area contributed by atoms with Crippen LogP contribution in [0.5, 0.6) is 0 Å². The van der Waals surface area contributed by atoms with E-state index in [1.165, 1.54) is 44.6 Å². The predicted molar refractivity (Wildman–Crippen MR) is 77.1 cm³/mol. The van der Waals surface area contributed by atoms with E-state index in [0.717, 1.165) is 6.54 Å². The van der Waals surface area contributed by atoms with Gasteiger partial charge in [-0.25, -0.2) is 0 Å². The molecule has 2 nitrogen and oxygen atoms in total. The Morgan fingerprint density at radius 2 is 1.89 bits per heavy atom. The first kappa shape index (κ1) is 12.0. The van der Waals surface area contributed by atoms with Crippen LogP contribution >= 0.6 is 0 Å². The summed E-state index contributed by atoms with van der Waals surface area (Å²) in [4.78, 5) is 5.15. The Balaban J connectivity index is 1.84. The van der Waals surface area contributed by atoms with Crippen LogP contribution in [-0.2, 0) is 13.0 Å². The quantitative estimate of drug-likeness (QED) is 0.806. The Kier molecular flexibility index (Phi) is 3.29. The highest BCUT2D eigenvalue weighted by molar-refractivity contribution is 5.61. The van der Waals surface area contributed by atoms with Crippen LogP contribution in [0, 0.1) is 0 Å². The summed E-state index contributed by atoms with van der Waals surface area (Å²) in [7, 11) is 0. The molecular formula is C16H24N2. The van der Waals surface area contributed by atoms with Crippen molar-refractivity contribution in [2.45, 2.75) is 45.7 Å². The van der Waals surface area contributed by atoms with Gasteiger partial charge < -0.3 is 4.90 Å². The molecule has 0 atom stereocenters. The zero-order valence-electron chi connectivity index (χ0n) is 11.7. The summed E-state index contributed by atoms with van der Waals surface area (Å²) in [6.07, 6.45) is 4.00. The zero-order valence-corrected chi connectivity index (χ0v) is 11.7. The SMILES string of the molecule is CC(C)N1CCc2c(CN3CCCC3)cccc21. The Morgan fingerprint density at radius 1 is 1.11 bits per heavy atom. The molecule has 0 aromatic heterocycles. The third-order valence-corrected chi connectivity index (χ3v) is 4.38. The van der Waals surface area contributed by atoms with Crippen LogP contribution in [0.3, 0.4) is 0 Å². The van der Waals surface area contributed by atoms with E-state index in [9.17, 15) is 0 Å². The van der Waals surface area contributed by atoms with E-state index in [2.05, 4.69) is 41.8 Å². The van der Waals surface area contributed by atoms with Crippen molar-refractivity contribution in [3.05, 3.63) is 29.3 Å². The van der Waals surface area contributed by atoms with Gasteiger partial charge in [-0.2, -0.15) is 0 Å². The smallest absolute Gasteiger partial charge is 0.0405 e. The first-order valence-corrected chi connectivity index (χ1v) is 7.35. The van der Waals surface area contributed by atoms with Crippen molar-refractivity contribution >= 4 is 5.69 Å². The lowest BCUT2D eigenvalue weighted by atomic mass is 10.0. The van der Waals surface area contributed by atoms with E-state index < -0.39 is 0 Å². The number of nitrogens with zero attached hydrogens (tertiary/aromatic N) is 2. The third-order valence-electron chi connectivity index (χ3n) is 4.38. The Labute approximate surface area is 111 Å². The summed E-state index contributed by atoms with van der Waals surface area (Å²) in [6, 6.07) is 7.50. The molecule has 1 aromatic rings. The zero-order chi connectivity index (χ0) is 12.5. The number of hydrogen-bond acceptors (Lipinski definition) is 2. The highest BCUT2D eigenvalue weighted by Gasteiger charge is 2.24. The first-order valence-electron chi connectivity index (χ1n) is 7.35. The fourth-order valence-corrected chi connectivity index (χ4v) is 3.40. The topological polar surface area (TPSA) is 6.48 Å². The van der Waals surface area contributed by atoms with Gasteiger partial charge in [0.2, 0.25) is 0 Å². The van der Waals surface area contributed by atoms with Crippen molar-refractivity contribution < 1.29 is 0 Å². The molecule has 1 aromatic carbocycles. The molecule has 0 radical (unpaired) electrons. The minimum Gasteiger partial charge on any atom is -0.369 e. The molecular weight excluding hydrogens is 220 g/mol. The second-order valence-electron chi connectivity index (χ2n) is 5.94. The largest absolute Gasteiger partial charge is 0.369 e. The molecule has 2 aliphatic rings. The second-order valence-corrected chi connectivity index (χ2v) is 5.94. The fourth-order valence-electron chi connectivity index (χ4n) is 3.40. The average molecular weight is 244 g/mol. The van der Waals surface area contributed by atoms with E-state index in [0.29, 0.717) is 6.04 Å². The number of likely N-dealkylation sites (tertiary alicyclic amines) is 1. The van der Waals surface area contributed by atoms with Gasteiger partial charge in [0.1, 0.15) is 0 Å². The van der Waals surface area contributed by atoms with Crippen LogP contribution < -0.4 is 4.90 Å². The van der Waals surface area contributed by atoms with E-state index in [4.69, 9.17) is 0 Å². The molecule has 2 heterocycles. The Morgan fingerprint density at radius 3 is 2.61 bits per heavy atom. The Bertz CT molecular complexity index is 419. The van der Waals surface area contributed by atoms with E-state index in [1.54, 1.807) is 11.1 Å². The number of rotatable bonds is 3. The molecule has 0 bridgehead atoms. The van der Waals surface area contributed by atoms with Gasteiger partial charge in [-0.3, -0.25) is 4.90 Å². The molecule has 0 aliphatic carbocycles. The standard InChI is InChI=1S/C16H24N2/c1-13(2)18-11-8-15-14(6-5-7-16(15)18)12-17-9-3-4-10-17/h5-7,13H,3-4,8-12H2,1-2H3. The van der Waals surface area contributed by atoms with Crippen molar-refractivity contribution in [3.8, 4) is 0 Å². The normalized spacial score (nSPS) is 19.8. The van der Waals surface area contributed by atoms with Crippen LogP contribution in [0.4, 0.5) is 5.69 Å². The van der Waals surface area contributed by atoms with Crippen molar-refractivity contribution in [1.82, 2.24) is 4.90 Å². The molecule has 2 aliphatic heterocycles. The van der Waals surface area contributed by atoms with Crippen molar-refractivity contribution in [3.63, 3.8) is 0 Å². The molecule has 1 saturated heterocycles. The van der Waals surface area contributed by atoms with E-state index in [1.807, 2.05) is 0 Å². The summed E-state index contributed by atoms with van der Waals surface area (Å²) in [5.74, 6) is 0.